The standard InChI is InChI=1S/C19H13NO4S/c1-24-13-4-2-3-12(9-13)14-10-15(19(22)23)16-17-11(6-8-25-17)5-7-20(16)18(14)21/h2-10H,1H3,(H,22,23). The van der Waals surface area contributed by atoms with E-state index in [4.69, 9.17) is 4.74 Å². The smallest absolute Gasteiger partial charge is 0.337 e. The molecule has 0 saturated carbocycles. The number of pyridine rings is 2. The molecule has 25 heavy (non-hydrogen) atoms. The number of aromatic nitrogens is 1. The molecule has 0 aliphatic carbocycles. The van der Waals surface area contributed by atoms with Crippen molar-refractivity contribution in [3.8, 4) is 16.9 Å². The summed E-state index contributed by atoms with van der Waals surface area (Å²) in [6.07, 6.45) is 1.63. The van der Waals surface area contributed by atoms with Crippen LogP contribution in [0.3, 0.4) is 0 Å². The topological polar surface area (TPSA) is 68.0 Å². The van der Waals surface area contributed by atoms with Crippen molar-refractivity contribution in [2.45, 2.75) is 0 Å². The average molecular weight is 351 g/mol. The van der Waals surface area contributed by atoms with Gasteiger partial charge in [0, 0.05) is 11.8 Å². The van der Waals surface area contributed by atoms with Gasteiger partial charge in [-0.3, -0.25) is 9.20 Å². The van der Waals surface area contributed by atoms with Crippen molar-refractivity contribution in [3.05, 3.63) is 70.0 Å². The normalized spacial score (nSPS) is 11.1. The first kappa shape index (κ1) is 15.4. The maximum atomic E-state index is 13.0. The number of thiophene rings is 1. The number of hydrogen-bond donors (Lipinski definition) is 1. The van der Waals surface area contributed by atoms with Crippen LogP contribution < -0.4 is 10.3 Å². The SMILES string of the molecule is COc1cccc(-c2cc(C(=O)O)c3c4sccc4ccn3c2=O)c1. The zero-order chi connectivity index (χ0) is 17.6. The van der Waals surface area contributed by atoms with Crippen molar-refractivity contribution in [3.63, 3.8) is 0 Å². The molecule has 3 aromatic heterocycles. The Morgan fingerprint density at radius 1 is 1.20 bits per heavy atom. The minimum absolute atomic E-state index is 0.102. The third kappa shape index (κ3) is 2.38. The number of aromatic carboxylic acids is 1. The molecule has 0 atom stereocenters. The molecule has 0 saturated heterocycles. The molecule has 0 bridgehead atoms. The molecular weight excluding hydrogens is 338 g/mol. The third-order valence-electron chi connectivity index (χ3n) is 4.16. The number of hydrogen-bond acceptors (Lipinski definition) is 4. The Morgan fingerprint density at radius 2 is 2.04 bits per heavy atom. The van der Waals surface area contributed by atoms with E-state index in [0.29, 0.717) is 22.4 Å². The van der Waals surface area contributed by atoms with Crippen LogP contribution in [0.4, 0.5) is 0 Å². The number of carbonyl (C=O) groups is 1. The average Bonchev–Trinajstić information content (AvgIpc) is 3.10. The largest absolute Gasteiger partial charge is 0.497 e. The molecular formula is C19H13NO4S. The van der Waals surface area contributed by atoms with Crippen molar-refractivity contribution in [2.75, 3.05) is 7.11 Å². The Hall–Kier alpha value is -3.12. The van der Waals surface area contributed by atoms with Gasteiger partial charge in [0.15, 0.2) is 0 Å². The van der Waals surface area contributed by atoms with E-state index in [1.54, 1.807) is 37.6 Å². The highest BCUT2D eigenvalue weighted by atomic mass is 32.1. The zero-order valence-corrected chi connectivity index (χ0v) is 14.0. The fourth-order valence-electron chi connectivity index (χ4n) is 2.97. The van der Waals surface area contributed by atoms with E-state index in [9.17, 15) is 14.7 Å². The summed E-state index contributed by atoms with van der Waals surface area (Å²) in [7, 11) is 1.54. The van der Waals surface area contributed by atoms with Crippen LogP contribution in [0, 0.1) is 0 Å². The van der Waals surface area contributed by atoms with Crippen molar-refractivity contribution in [2.24, 2.45) is 0 Å². The molecule has 4 aromatic rings. The Labute approximate surface area is 146 Å². The molecule has 0 spiro atoms. The monoisotopic (exact) mass is 351 g/mol. The maximum absolute atomic E-state index is 13.0. The van der Waals surface area contributed by atoms with E-state index in [1.807, 2.05) is 17.5 Å². The van der Waals surface area contributed by atoms with Gasteiger partial charge in [-0.15, -0.1) is 11.3 Å². The summed E-state index contributed by atoms with van der Waals surface area (Å²) >= 11 is 1.42. The second kappa shape index (κ2) is 5.75. The molecule has 5 nitrogen and oxygen atoms in total. The van der Waals surface area contributed by atoms with Gasteiger partial charge >= 0.3 is 5.97 Å². The van der Waals surface area contributed by atoms with E-state index in [0.717, 1.165) is 10.1 Å². The lowest BCUT2D eigenvalue weighted by molar-refractivity contribution is 0.0698. The Bertz CT molecular complexity index is 1190. The van der Waals surface area contributed by atoms with E-state index in [-0.39, 0.29) is 11.1 Å². The molecule has 0 aliphatic heterocycles. The van der Waals surface area contributed by atoms with Gasteiger partial charge in [0.25, 0.3) is 5.56 Å². The fourth-order valence-corrected chi connectivity index (χ4v) is 3.91. The van der Waals surface area contributed by atoms with Gasteiger partial charge in [0.05, 0.1) is 22.9 Å². The van der Waals surface area contributed by atoms with Crippen LogP contribution in [-0.4, -0.2) is 22.6 Å². The number of benzene rings is 1. The molecule has 0 fully saturated rings. The molecule has 0 radical (unpaired) electrons. The van der Waals surface area contributed by atoms with Crippen LogP contribution >= 0.6 is 11.3 Å². The first-order valence-corrected chi connectivity index (χ1v) is 8.41. The van der Waals surface area contributed by atoms with Crippen LogP contribution in [0.2, 0.25) is 0 Å². The Morgan fingerprint density at radius 3 is 2.80 bits per heavy atom. The van der Waals surface area contributed by atoms with Gasteiger partial charge in [-0.25, -0.2) is 4.79 Å². The number of ether oxygens (including phenoxy) is 1. The number of fused-ring (bicyclic) bond motifs is 3. The summed E-state index contributed by atoms with van der Waals surface area (Å²) in [5, 5.41) is 12.5. The Kier molecular flexibility index (Phi) is 3.54. The highest BCUT2D eigenvalue weighted by Gasteiger charge is 2.18. The van der Waals surface area contributed by atoms with Crippen LogP contribution in [0.1, 0.15) is 10.4 Å². The predicted octanol–water partition coefficient (Wildman–Crippen LogP) is 3.89. The van der Waals surface area contributed by atoms with E-state index in [1.165, 1.54) is 21.8 Å². The molecule has 3 heterocycles. The molecule has 4 rings (SSSR count). The highest BCUT2D eigenvalue weighted by molar-refractivity contribution is 7.18. The van der Waals surface area contributed by atoms with Gasteiger partial charge in [-0.1, -0.05) is 12.1 Å². The van der Waals surface area contributed by atoms with Gasteiger partial charge in [0.2, 0.25) is 0 Å². The van der Waals surface area contributed by atoms with Crippen molar-refractivity contribution < 1.29 is 14.6 Å². The minimum Gasteiger partial charge on any atom is -0.497 e. The number of carboxylic acids is 1. The number of carboxylic acid groups (broad SMARTS) is 1. The van der Waals surface area contributed by atoms with E-state index in [2.05, 4.69) is 0 Å². The van der Waals surface area contributed by atoms with E-state index >= 15 is 0 Å². The zero-order valence-electron chi connectivity index (χ0n) is 13.2. The lowest BCUT2D eigenvalue weighted by atomic mass is 10.0. The molecule has 124 valence electrons. The van der Waals surface area contributed by atoms with Gasteiger partial charge in [-0.05, 0) is 46.7 Å². The highest BCUT2D eigenvalue weighted by Crippen LogP contribution is 2.30. The quantitative estimate of drug-likeness (QED) is 0.608. The first-order valence-electron chi connectivity index (χ1n) is 7.53. The second-order valence-electron chi connectivity index (χ2n) is 5.55. The Balaban J connectivity index is 2.14. The second-order valence-corrected chi connectivity index (χ2v) is 6.47. The first-order chi connectivity index (χ1) is 12.1. The van der Waals surface area contributed by atoms with Crippen molar-refractivity contribution >= 4 is 32.9 Å². The van der Waals surface area contributed by atoms with Crippen molar-refractivity contribution in [1.29, 1.82) is 0 Å². The van der Waals surface area contributed by atoms with Crippen LogP contribution in [0.5, 0.6) is 5.75 Å². The van der Waals surface area contributed by atoms with E-state index < -0.39 is 5.97 Å². The lowest BCUT2D eigenvalue weighted by Crippen LogP contribution is -2.18. The third-order valence-corrected chi connectivity index (χ3v) is 5.10. The summed E-state index contributed by atoms with van der Waals surface area (Å²) in [5.74, 6) is -0.463. The maximum Gasteiger partial charge on any atom is 0.337 e. The van der Waals surface area contributed by atoms with Gasteiger partial charge in [-0.2, -0.15) is 0 Å². The number of methoxy groups -OCH3 is 1. The van der Waals surface area contributed by atoms with Crippen LogP contribution in [-0.2, 0) is 0 Å². The van der Waals surface area contributed by atoms with Crippen LogP contribution in [0.25, 0.3) is 26.7 Å². The molecule has 6 heteroatoms. The predicted molar refractivity (Wildman–Crippen MR) is 98.0 cm³/mol. The lowest BCUT2D eigenvalue weighted by Gasteiger charge is -2.10. The summed E-state index contributed by atoms with van der Waals surface area (Å²) in [5.41, 5.74) is 1.21. The van der Waals surface area contributed by atoms with Gasteiger partial charge < -0.3 is 9.84 Å². The summed E-state index contributed by atoms with van der Waals surface area (Å²) < 4.78 is 7.41. The molecule has 0 unspecified atom stereocenters. The molecule has 1 aromatic carbocycles. The van der Waals surface area contributed by atoms with Gasteiger partial charge in [0.1, 0.15) is 5.75 Å². The molecule has 1 N–H and O–H groups in total. The summed E-state index contributed by atoms with van der Waals surface area (Å²) in [4.78, 5) is 24.9. The van der Waals surface area contributed by atoms with Crippen LogP contribution in [0.15, 0.2) is 58.8 Å². The minimum atomic E-state index is -1.07. The number of nitrogens with zero attached hydrogens (tertiary/aromatic N) is 1. The fraction of sp³-hybridized carbons (Fsp3) is 0.0526. The van der Waals surface area contributed by atoms with Crippen molar-refractivity contribution in [1.82, 2.24) is 4.40 Å². The molecule has 0 amide bonds. The molecule has 0 aliphatic rings. The summed E-state index contributed by atoms with van der Waals surface area (Å²) in [6, 6.07) is 12.2. The number of rotatable bonds is 3. The summed E-state index contributed by atoms with van der Waals surface area (Å²) in [6.45, 7) is 0.